The van der Waals surface area contributed by atoms with E-state index in [1.807, 2.05) is 12.1 Å². The summed E-state index contributed by atoms with van der Waals surface area (Å²) in [6.45, 7) is -0.0764. The number of rotatable bonds is 4. The number of nitrogens with zero attached hydrogens (tertiary/aromatic N) is 3. The van der Waals surface area contributed by atoms with Crippen molar-refractivity contribution in [1.82, 2.24) is 19.9 Å². The van der Waals surface area contributed by atoms with E-state index >= 15 is 0 Å². The summed E-state index contributed by atoms with van der Waals surface area (Å²) in [4.78, 5) is 13.2. The number of aromatic nitrogens is 3. The summed E-state index contributed by atoms with van der Waals surface area (Å²) in [5.74, 6) is -0.0345. The Bertz CT molecular complexity index is 1090. The molecule has 1 fully saturated rings. The Morgan fingerprint density at radius 1 is 1.10 bits per heavy atom. The first-order valence-electron chi connectivity index (χ1n) is 9.35. The number of alkyl halides is 3. The van der Waals surface area contributed by atoms with Crippen molar-refractivity contribution in [3.05, 3.63) is 63.5 Å². The molecule has 158 valence electrons. The molecule has 4 rings (SSSR count). The molecule has 0 radical (unpaired) electrons. The van der Waals surface area contributed by atoms with Crippen LogP contribution in [0.15, 0.2) is 36.5 Å². The SMILES string of the molecule is O=C(NCc1nnc2c(C(F)(F)F)cc(Cl)cn12)C1(c2ccc(Cl)cc2)CCCC1. The summed E-state index contributed by atoms with van der Waals surface area (Å²) in [7, 11) is 0. The van der Waals surface area contributed by atoms with Gasteiger partial charge >= 0.3 is 6.18 Å². The molecule has 1 aliphatic rings. The molecule has 1 amide bonds. The normalized spacial score (nSPS) is 16.2. The number of hydrogen-bond donors (Lipinski definition) is 1. The van der Waals surface area contributed by atoms with Gasteiger partial charge in [-0.3, -0.25) is 9.20 Å². The minimum atomic E-state index is -4.62. The van der Waals surface area contributed by atoms with E-state index in [4.69, 9.17) is 23.2 Å². The van der Waals surface area contributed by atoms with Crippen LogP contribution in [0.5, 0.6) is 0 Å². The maximum absolute atomic E-state index is 13.3. The van der Waals surface area contributed by atoms with Gasteiger partial charge < -0.3 is 5.32 Å². The first kappa shape index (κ1) is 20.9. The molecule has 5 nitrogen and oxygen atoms in total. The van der Waals surface area contributed by atoms with Crippen molar-refractivity contribution in [3.63, 3.8) is 0 Å². The molecule has 3 aromatic rings. The lowest BCUT2D eigenvalue weighted by Gasteiger charge is -2.28. The van der Waals surface area contributed by atoms with Crippen LogP contribution >= 0.6 is 23.2 Å². The molecular weight excluding hydrogens is 440 g/mol. The molecule has 30 heavy (non-hydrogen) atoms. The van der Waals surface area contributed by atoms with Gasteiger partial charge in [0.25, 0.3) is 0 Å². The highest BCUT2D eigenvalue weighted by molar-refractivity contribution is 6.30. The summed E-state index contributed by atoms with van der Waals surface area (Å²) in [6.07, 6.45) is -0.126. The maximum atomic E-state index is 13.3. The molecule has 1 aromatic carbocycles. The van der Waals surface area contributed by atoms with Crippen LogP contribution < -0.4 is 5.32 Å². The standard InChI is InChI=1S/C20H17Cl2F3N4O/c21-13-5-3-12(4-6-13)19(7-1-2-8-19)18(30)26-10-16-27-28-17-15(20(23,24)25)9-14(22)11-29(16)17/h3-6,9,11H,1-2,7-8,10H2,(H,26,30). The van der Waals surface area contributed by atoms with E-state index in [1.54, 1.807) is 12.1 Å². The van der Waals surface area contributed by atoms with Crippen LogP contribution in [-0.2, 0) is 22.9 Å². The number of benzene rings is 1. The van der Waals surface area contributed by atoms with Crippen molar-refractivity contribution in [2.75, 3.05) is 0 Å². The Kier molecular flexibility index (Phi) is 5.40. The van der Waals surface area contributed by atoms with Gasteiger partial charge in [-0.2, -0.15) is 13.2 Å². The van der Waals surface area contributed by atoms with Crippen LogP contribution in [0, 0.1) is 0 Å². The Morgan fingerprint density at radius 2 is 1.77 bits per heavy atom. The Hall–Kier alpha value is -2.32. The second-order valence-corrected chi connectivity index (χ2v) is 8.23. The molecule has 10 heteroatoms. The van der Waals surface area contributed by atoms with Crippen LogP contribution in [0.3, 0.4) is 0 Å². The third-order valence-electron chi connectivity index (χ3n) is 5.54. The van der Waals surface area contributed by atoms with Crippen molar-refractivity contribution in [2.24, 2.45) is 0 Å². The van der Waals surface area contributed by atoms with Crippen LogP contribution in [0.1, 0.15) is 42.6 Å². The van der Waals surface area contributed by atoms with Crippen molar-refractivity contribution in [3.8, 4) is 0 Å². The highest BCUT2D eigenvalue weighted by Gasteiger charge is 2.42. The molecule has 0 saturated heterocycles. The summed E-state index contributed by atoms with van der Waals surface area (Å²) in [6, 6.07) is 7.99. The van der Waals surface area contributed by atoms with Gasteiger partial charge in [0.05, 0.1) is 17.0 Å². The first-order chi connectivity index (χ1) is 14.2. The summed E-state index contributed by atoms with van der Waals surface area (Å²) in [5, 5.41) is 10.8. The molecule has 0 spiro atoms. The number of hydrogen-bond acceptors (Lipinski definition) is 3. The summed E-state index contributed by atoms with van der Waals surface area (Å²) < 4.78 is 41.0. The Morgan fingerprint density at radius 3 is 2.40 bits per heavy atom. The van der Waals surface area contributed by atoms with Crippen LogP contribution in [-0.4, -0.2) is 20.5 Å². The third kappa shape index (κ3) is 3.74. The number of halogens is 5. The molecule has 2 heterocycles. The lowest BCUT2D eigenvalue weighted by atomic mass is 9.78. The van der Waals surface area contributed by atoms with Crippen molar-refractivity contribution < 1.29 is 18.0 Å². The molecule has 1 aliphatic carbocycles. The lowest BCUT2D eigenvalue weighted by Crippen LogP contribution is -2.42. The van der Waals surface area contributed by atoms with Gasteiger partial charge in [-0.25, -0.2) is 0 Å². The highest BCUT2D eigenvalue weighted by atomic mass is 35.5. The molecule has 0 unspecified atom stereocenters. The average molecular weight is 457 g/mol. The number of fused-ring (bicyclic) bond motifs is 1. The zero-order valence-electron chi connectivity index (χ0n) is 15.6. The molecular formula is C20H17Cl2F3N4O. The van der Waals surface area contributed by atoms with E-state index in [1.165, 1.54) is 6.20 Å². The predicted octanol–water partition coefficient (Wildman–Crippen LogP) is 5.18. The van der Waals surface area contributed by atoms with Gasteiger partial charge in [-0.1, -0.05) is 48.2 Å². The molecule has 2 aromatic heterocycles. The molecule has 0 aliphatic heterocycles. The van der Waals surface area contributed by atoms with Gasteiger partial charge in [0.1, 0.15) is 5.56 Å². The van der Waals surface area contributed by atoms with E-state index in [9.17, 15) is 18.0 Å². The molecule has 1 saturated carbocycles. The van der Waals surface area contributed by atoms with Gasteiger partial charge in [0.2, 0.25) is 5.91 Å². The van der Waals surface area contributed by atoms with Crippen LogP contribution in [0.25, 0.3) is 5.65 Å². The number of amides is 1. The Balaban J connectivity index is 1.61. The van der Waals surface area contributed by atoms with E-state index in [0.717, 1.165) is 28.9 Å². The van der Waals surface area contributed by atoms with E-state index in [0.29, 0.717) is 17.9 Å². The van der Waals surface area contributed by atoms with Gasteiger partial charge in [0, 0.05) is 11.2 Å². The van der Waals surface area contributed by atoms with Crippen molar-refractivity contribution in [1.29, 1.82) is 0 Å². The van der Waals surface area contributed by atoms with E-state index in [-0.39, 0.29) is 28.9 Å². The third-order valence-corrected chi connectivity index (χ3v) is 6.00. The van der Waals surface area contributed by atoms with Crippen molar-refractivity contribution >= 4 is 34.8 Å². The van der Waals surface area contributed by atoms with E-state index in [2.05, 4.69) is 15.5 Å². The topological polar surface area (TPSA) is 59.3 Å². The van der Waals surface area contributed by atoms with Crippen molar-refractivity contribution in [2.45, 2.75) is 43.8 Å². The quantitative estimate of drug-likeness (QED) is 0.587. The van der Waals surface area contributed by atoms with Gasteiger partial charge in [-0.05, 0) is 36.6 Å². The van der Waals surface area contributed by atoms with E-state index < -0.39 is 17.2 Å². The minimum Gasteiger partial charge on any atom is -0.348 e. The number of nitrogens with one attached hydrogen (secondary N) is 1. The number of carbonyl (C=O) groups is 1. The Labute approximate surface area is 180 Å². The minimum absolute atomic E-state index is 0.0764. The fraction of sp³-hybridized carbons (Fsp3) is 0.350. The predicted molar refractivity (Wildman–Crippen MR) is 106 cm³/mol. The fourth-order valence-corrected chi connectivity index (χ4v) is 4.39. The first-order valence-corrected chi connectivity index (χ1v) is 10.1. The maximum Gasteiger partial charge on any atom is 0.420 e. The van der Waals surface area contributed by atoms with Gasteiger partial charge in [-0.15, -0.1) is 10.2 Å². The largest absolute Gasteiger partial charge is 0.420 e. The smallest absolute Gasteiger partial charge is 0.348 e. The highest BCUT2D eigenvalue weighted by Crippen LogP contribution is 2.42. The molecule has 0 atom stereocenters. The average Bonchev–Trinajstić information content (AvgIpc) is 3.33. The number of pyridine rings is 1. The zero-order chi connectivity index (χ0) is 21.5. The molecule has 1 N–H and O–H groups in total. The fourth-order valence-electron chi connectivity index (χ4n) is 4.06. The second-order valence-electron chi connectivity index (χ2n) is 7.36. The van der Waals surface area contributed by atoms with Crippen LogP contribution in [0.2, 0.25) is 10.0 Å². The number of carbonyl (C=O) groups excluding carboxylic acids is 1. The molecule has 0 bridgehead atoms. The van der Waals surface area contributed by atoms with Crippen LogP contribution in [0.4, 0.5) is 13.2 Å². The van der Waals surface area contributed by atoms with Gasteiger partial charge in [0.15, 0.2) is 11.5 Å². The zero-order valence-corrected chi connectivity index (χ0v) is 17.2. The monoisotopic (exact) mass is 456 g/mol. The lowest BCUT2D eigenvalue weighted by molar-refractivity contribution is -0.136. The second kappa shape index (κ2) is 7.74. The summed E-state index contributed by atoms with van der Waals surface area (Å²) >= 11 is 11.8. The summed E-state index contributed by atoms with van der Waals surface area (Å²) in [5.41, 5.74) is -1.16.